The Morgan fingerprint density at radius 2 is 1.55 bits per heavy atom. The van der Waals surface area contributed by atoms with Gasteiger partial charge in [-0.25, -0.2) is 4.79 Å². The summed E-state index contributed by atoms with van der Waals surface area (Å²) in [4.78, 5) is 49.6. The molecular formula is C24H28N2O5. The molecule has 7 heteroatoms. The minimum atomic E-state index is -1.12. The molecule has 2 aromatic rings. The van der Waals surface area contributed by atoms with Crippen molar-refractivity contribution < 1.29 is 23.9 Å². The number of carbonyl (C=O) groups is 4. The van der Waals surface area contributed by atoms with Crippen LogP contribution in [-0.4, -0.2) is 35.7 Å². The summed E-state index contributed by atoms with van der Waals surface area (Å²) in [5.41, 5.74) is 1.14. The first kappa shape index (κ1) is 23.8. The second-order valence-corrected chi connectivity index (χ2v) is 7.37. The number of ketones is 1. The van der Waals surface area contributed by atoms with Gasteiger partial charge in [-0.1, -0.05) is 50.6 Å². The maximum Gasteiger partial charge on any atom is 0.329 e. The minimum absolute atomic E-state index is 0.194. The molecule has 0 aromatic heterocycles. The third-order valence-electron chi connectivity index (χ3n) is 5.02. The van der Waals surface area contributed by atoms with Gasteiger partial charge in [0.05, 0.1) is 5.69 Å². The molecule has 3 atom stereocenters. The highest BCUT2D eigenvalue weighted by molar-refractivity contribution is 6.05. The Kier molecular flexibility index (Phi) is 8.49. The maximum absolute atomic E-state index is 12.8. The highest BCUT2D eigenvalue weighted by Gasteiger charge is 2.30. The van der Waals surface area contributed by atoms with Crippen molar-refractivity contribution in [3.8, 4) is 0 Å². The molecule has 31 heavy (non-hydrogen) atoms. The lowest BCUT2D eigenvalue weighted by Crippen LogP contribution is -2.47. The van der Waals surface area contributed by atoms with Gasteiger partial charge in [0.15, 0.2) is 11.9 Å². The zero-order valence-corrected chi connectivity index (χ0v) is 18.2. The summed E-state index contributed by atoms with van der Waals surface area (Å²) < 4.78 is 5.36. The lowest BCUT2D eigenvalue weighted by molar-refractivity contribution is -0.156. The second-order valence-electron chi connectivity index (χ2n) is 7.37. The van der Waals surface area contributed by atoms with Crippen molar-refractivity contribution in [1.82, 2.24) is 5.32 Å². The first-order valence-corrected chi connectivity index (χ1v) is 10.2. The van der Waals surface area contributed by atoms with E-state index in [1.54, 1.807) is 54.6 Å². The predicted octanol–water partition coefficient (Wildman–Crippen LogP) is 3.60. The van der Waals surface area contributed by atoms with Gasteiger partial charge in [0.25, 0.3) is 11.8 Å². The molecule has 0 unspecified atom stereocenters. The Morgan fingerprint density at radius 3 is 2.16 bits per heavy atom. The monoisotopic (exact) mass is 424 g/mol. The fourth-order valence-corrected chi connectivity index (χ4v) is 2.92. The number of rotatable bonds is 9. The molecule has 0 fully saturated rings. The fourth-order valence-electron chi connectivity index (χ4n) is 2.92. The summed E-state index contributed by atoms with van der Waals surface area (Å²) >= 11 is 0. The number of benzene rings is 2. The summed E-state index contributed by atoms with van der Waals surface area (Å²) in [5.74, 6) is -2.05. The molecule has 0 aliphatic rings. The number of carbonyl (C=O) groups excluding carboxylic acids is 4. The zero-order valence-electron chi connectivity index (χ0n) is 18.2. The lowest BCUT2D eigenvalue weighted by atomic mass is 9.98. The lowest BCUT2D eigenvalue weighted by Gasteiger charge is -2.24. The van der Waals surface area contributed by atoms with Gasteiger partial charge in [-0.2, -0.15) is 0 Å². The third kappa shape index (κ3) is 6.50. The molecule has 7 nitrogen and oxygen atoms in total. The van der Waals surface area contributed by atoms with E-state index in [2.05, 4.69) is 10.6 Å². The number of nitrogens with one attached hydrogen (secondary N) is 2. The van der Waals surface area contributed by atoms with Crippen LogP contribution in [0.15, 0.2) is 54.6 Å². The molecule has 0 saturated carbocycles. The summed E-state index contributed by atoms with van der Waals surface area (Å²) in [6.07, 6.45) is -0.491. The quantitative estimate of drug-likeness (QED) is 0.473. The summed E-state index contributed by atoms with van der Waals surface area (Å²) in [7, 11) is 0. The second kappa shape index (κ2) is 11.1. The van der Waals surface area contributed by atoms with Crippen LogP contribution in [0, 0.1) is 5.92 Å². The van der Waals surface area contributed by atoms with Gasteiger partial charge < -0.3 is 15.4 Å². The van der Waals surface area contributed by atoms with Gasteiger partial charge >= 0.3 is 5.97 Å². The molecule has 0 bridgehead atoms. The number of esters is 1. The third-order valence-corrected chi connectivity index (χ3v) is 5.02. The molecule has 0 saturated heterocycles. The summed E-state index contributed by atoms with van der Waals surface area (Å²) in [5, 5.41) is 5.33. The predicted molar refractivity (Wildman–Crippen MR) is 118 cm³/mol. The molecule has 0 aliphatic heterocycles. The molecule has 0 radical (unpaired) electrons. The highest BCUT2D eigenvalue weighted by Crippen LogP contribution is 2.17. The van der Waals surface area contributed by atoms with Crippen molar-refractivity contribution in [1.29, 1.82) is 0 Å². The standard InChI is InChI=1S/C24H28N2O5/c1-5-15(2)21(26-23(29)18-11-7-6-8-12-18)24(30)31-17(4)22(28)25-20-14-10-9-13-19(20)16(3)27/h6-15,17,21H,5H2,1-4H3,(H,25,28)(H,26,29)/t15-,17+,21-/m0/s1. The van der Waals surface area contributed by atoms with Crippen LogP contribution in [-0.2, 0) is 14.3 Å². The molecular weight excluding hydrogens is 396 g/mol. The molecule has 0 heterocycles. The van der Waals surface area contributed by atoms with Crippen molar-refractivity contribution >= 4 is 29.3 Å². The van der Waals surface area contributed by atoms with E-state index in [1.807, 2.05) is 13.8 Å². The van der Waals surface area contributed by atoms with Crippen LogP contribution >= 0.6 is 0 Å². The smallest absolute Gasteiger partial charge is 0.329 e. The van der Waals surface area contributed by atoms with Gasteiger partial charge in [-0.3, -0.25) is 14.4 Å². The maximum atomic E-state index is 12.8. The van der Waals surface area contributed by atoms with Gasteiger partial charge in [0, 0.05) is 11.1 Å². The average Bonchev–Trinajstić information content (AvgIpc) is 2.77. The van der Waals surface area contributed by atoms with E-state index in [0.717, 1.165) is 0 Å². The van der Waals surface area contributed by atoms with E-state index in [0.29, 0.717) is 23.2 Å². The van der Waals surface area contributed by atoms with Crippen LogP contribution in [0.25, 0.3) is 0 Å². The Morgan fingerprint density at radius 1 is 0.935 bits per heavy atom. The van der Waals surface area contributed by atoms with Crippen molar-refractivity contribution in [2.24, 2.45) is 5.92 Å². The molecule has 2 N–H and O–H groups in total. The molecule has 164 valence electrons. The Hall–Kier alpha value is -3.48. The van der Waals surface area contributed by atoms with Crippen LogP contribution in [0.3, 0.4) is 0 Å². The molecule has 2 aromatic carbocycles. The Labute approximate surface area is 182 Å². The first-order chi connectivity index (χ1) is 14.7. The molecule has 2 rings (SSSR count). The van der Waals surface area contributed by atoms with Crippen LogP contribution in [0.2, 0.25) is 0 Å². The highest BCUT2D eigenvalue weighted by atomic mass is 16.5. The van der Waals surface area contributed by atoms with Gasteiger partial charge in [-0.15, -0.1) is 0 Å². The van der Waals surface area contributed by atoms with Crippen molar-refractivity contribution in [3.05, 3.63) is 65.7 Å². The number of ether oxygens (including phenoxy) is 1. The number of anilines is 1. The van der Waals surface area contributed by atoms with E-state index < -0.39 is 29.9 Å². The van der Waals surface area contributed by atoms with Crippen molar-refractivity contribution in [2.45, 2.75) is 46.3 Å². The van der Waals surface area contributed by atoms with E-state index in [4.69, 9.17) is 4.74 Å². The van der Waals surface area contributed by atoms with Gasteiger partial charge in [0.1, 0.15) is 6.04 Å². The molecule has 0 aliphatic carbocycles. The SMILES string of the molecule is CC[C@H](C)[C@H](NC(=O)c1ccccc1)C(=O)O[C@H](C)C(=O)Nc1ccccc1C(C)=O. The molecule has 2 amide bonds. The van der Waals surface area contributed by atoms with E-state index in [1.165, 1.54) is 13.8 Å². The van der Waals surface area contributed by atoms with E-state index >= 15 is 0 Å². The van der Waals surface area contributed by atoms with Gasteiger partial charge in [0.2, 0.25) is 0 Å². The van der Waals surface area contributed by atoms with Crippen LogP contribution in [0.5, 0.6) is 0 Å². The number of para-hydroxylation sites is 1. The zero-order chi connectivity index (χ0) is 23.0. The van der Waals surface area contributed by atoms with E-state index in [9.17, 15) is 19.2 Å². The number of hydrogen-bond acceptors (Lipinski definition) is 5. The largest absolute Gasteiger partial charge is 0.451 e. The van der Waals surface area contributed by atoms with Crippen LogP contribution < -0.4 is 10.6 Å². The minimum Gasteiger partial charge on any atom is -0.451 e. The first-order valence-electron chi connectivity index (χ1n) is 10.2. The average molecular weight is 424 g/mol. The van der Waals surface area contributed by atoms with Crippen molar-refractivity contribution in [2.75, 3.05) is 5.32 Å². The molecule has 0 spiro atoms. The summed E-state index contributed by atoms with van der Waals surface area (Å²) in [6, 6.07) is 14.2. The number of hydrogen-bond donors (Lipinski definition) is 2. The van der Waals surface area contributed by atoms with Gasteiger partial charge in [-0.05, 0) is 44.0 Å². The fraction of sp³-hybridized carbons (Fsp3) is 0.333. The van der Waals surface area contributed by atoms with Crippen LogP contribution in [0.1, 0.15) is 54.8 Å². The Bertz CT molecular complexity index is 942. The number of amides is 2. The Balaban J connectivity index is 2.07. The summed E-state index contributed by atoms with van der Waals surface area (Å²) in [6.45, 7) is 6.57. The topological polar surface area (TPSA) is 102 Å². The number of Topliss-reactive ketones (excluding diaryl/α,β-unsaturated/α-hetero) is 1. The normalized spacial score (nSPS) is 13.4. The van der Waals surface area contributed by atoms with E-state index in [-0.39, 0.29) is 11.7 Å². The van der Waals surface area contributed by atoms with Crippen molar-refractivity contribution in [3.63, 3.8) is 0 Å². The van der Waals surface area contributed by atoms with Crippen LogP contribution in [0.4, 0.5) is 5.69 Å².